The van der Waals surface area contributed by atoms with E-state index in [2.05, 4.69) is 6.92 Å². The molecule has 6 heteroatoms. The highest BCUT2D eigenvalue weighted by atomic mass is 35.5. The van der Waals surface area contributed by atoms with Crippen molar-refractivity contribution in [2.45, 2.75) is 37.5 Å². The molecule has 3 rings (SSSR count). The zero-order valence-corrected chi connectivity index (χ0v) is 15.6. The van der Waals surface area contributed by atoms with E-state index < -0.39 is 0 Å². The van der Waals surface area contributed by atoms with Crippen molar-refractivity contribution in [3.05, 3.63) is 38.7 Å². The molecule has 0 N–H and O–H groups in total. The largest absolute Gasteiger partial charge is 0.422 e. The highest BCUT2D eigenvalue weighted by molar-refractivity contribution is 8.13. The lowest BCUT2D eigenvalue weighted by molar-refractivity contribution is 0.241. The van der Waals surface area contributed by atoms with E-state index in [1.54, 1.807) is 20.2 Å². The van der Waals surface area contributed by atoms with Gasteiger partial charge in [0, 0.05) is 29.9 Å². The molecule has 1 atom stereocenters. The maximum Gasteiger partial charge on any atom is 0.339 e. The Morgan fingerprint density at radius 1 is 1.38 bits per heavy atom. The first-order valence-corrected chi connectivity index (χ1v) is 9.27. The first-order valence-electron chi connectivity index (χ1n) is 8.08. The highest BCUT2D eigenvalue weighted by Crippen LogP contribution is 2.36. The second-order valence-electron chi connectivity index (χ2n) is 6.40. The minimum Gasteiger partial charge on any atom is -0.422 e. The maximum atomic E-state index is 12.4. The molecule has 128 valence electrons. The fraction of sp³-hybridized carbons (Fsp3) is 0.444. The first kappa shape index (κ1) is 17.4. The molecule has 1 aromatic heterocycles. The predicted molar refractivity (Wildman–Crippen MR) is 98.2 cm³/mol. The van der Waals surface area contributed by atoms with E-state index in [-0.39, 0.29) is 10.9 Å². The third-order valence-corrected chi connectivity index (χ3v) is 6.13. The maximum absolute atomic E-state index is 12.4. The normalized spacial score (nSPS) is 16.9. The second kappa shape index (κ2) is 6.81. The monoisotopic (exact) mass is 365 g/mol. The molecule has 4 nitrogen and oxygen atoms in total. The number of halogens is 1. The highest BCUT2D eigenvalue weighted by Gasteiger charge is 2.24. The van der Waals surface area contributed by atoms with Crippen molar-refractivity contribution in [3.63, 3.8) is 0 Å². The van der Waals surface area contributed by atoms with Gasteiger partial charge in [0.1, 0.15) is 5.58 Å². The number of aryl methyl sites for hydroxylation is 1. The standard InChI is InChI=1S/C18H20ClNO3S/c1-4-10-5-6-11-12-8-14(19)16(24-18(22)20(2)3)9-15(12)23-17(21)13(11)7-10/h8-10H,4-7H2,1-3H3. The molecular formula is C18H20ClNO3S. The number of amides is 1. The number of carbonyl (C=O) groups excluding carboxylic acids is 1. The number of fused-ring (bicyclic) bond motifs is 3. The van der Waals surface area contributed by atoms with Crippen LogP contribution in [0.3, 0.4) is 0 Å². The van der Waals surface area contributed by atoms with Crippen molar-refractivity contribution in [2.24, 2.45) is 5.92 Å². The van der Waals surface area contributed by atoms with Gasteiger partial charge in [-0.25, -0.2) is 4.79 Å². The van der Waals surface area contributed by atoms with Crippen molar-refractivity contribution in [1.82, 2.24) is 4.90 Å². The van der Waals surface area contributed by atoms with Crippen molar-refractivity contribution >= 4 is 39.6 Å². The van der Waals surface area contributed by atoms with Gasteiger partial charge in [-0.05, 0) is 54.6 Å². The van der Waals surface area contributed by atoms with Crippen LogP contribution in [-0.4, -0.2) is 24.2 Å². The lowest BCUT2D eigenvalue weighted by Crippen LogP contribution is -2.21. The number of thioether (sulfide) groups is 1. The van der Waals surface area contributed by atoms with Crippen LogP contribution in [0.1, 0.15) is 30.9 Å². The number of hydrogen-bond donors (Lipinski definition) is 0. The van der Waals surface area contributed by atoms with Crippen molar-refractivity contribution in [3.8, 4) is 0 Å². The molecule has 0 radical (unpaired) electrons. The zero-order valence-electron chi connectivity index (χ0n) is 14.0. The molecule has 1 aliphatic carbocycles. The molecule has 0 bridgehead atoms. The Morgan fingerprint density at radius 3 is 2.79 bits per heavy atom. The van der Waals surface area contributed by atoms with Gasteiger partial charge < -0.3 is 9.32 Å². The molecule has 24 heavy (non-hydrogen) atoms. The quantitative estimate of drug-likeness (QED) is 0.570. The third kappa shape index (κ3) is 3.20. The van der Waals surface area contributed by atoms with Crippen molar-refractivity contribution < 1.29 is 9.21 Å². The van der Waals surface area contributed by atoms with Gasteiger partial charge in [0.05, 0.1) is 5.02 Å². The van der Waals surface area contributed by atoms with Gasteiger partial charge in [0.25, 0.3) is 5.24 Å². The summed E-state index contributed by atoms with van der Waals surface area (Å²) in [5.74, 6) is 0.542. The van der Waals surface area contributed by atoms with E-state index >= 15 is 0 Å². The van der Waals surface area contributed by atoms with Crippen LogP contribution < -0.4 is 5.63 Å². The van der Waals surface area contributed by atoms with Gasteiger partial charge in [0.15, 0.2) is 0 Å². The van der Waals surface area contributed by atoms with Crippen LogP contribution in [-0.2, 0) is 12.8 Å². The topological polar surface area (TPSA) is 50.5 Å². The number of hydrogen-bond acceptors (Lipinski definition) is 4. The van der Waals surface area contributed by atoms with E-state index in [9.17, 15) is 9.59 Å². The summed E-state index contributed by atoms with van der Waals surface area (Å²) in [6.45, 7) is 2.15. The summed E-state index contributed by atoms with van der Waals surface area (Å²) in [6, 6.07) is 3.54. The minimum absolute atomic E-state index is 0.123. The number of benzene rings is 1. The minimum atomic E-state index is -0.257. The third-order valence-electron chi connectivity index (χ3n) is 4.61. The summed E-state index contributed by atoms with van der Waals surface area (Å²) in [6.07, 6.45) is 3.79. The molecule has 1 unspecified atom stereocenters. The summed E-state index contributed by atoms with van der Waals surface area (Å²) in [4.78, 5) is 26.4. The molecule has 0 saturated carbocycles. The number of carbonyl (C=O) groups is 1. The molecule has 0 saturated heterocycles. The summed E-state index contributed by atoms with van der Waals surface area (Å²) >= 11 is 7.41. The molecule has 1 aromatic carbocycles. The van der Waals surface area contributed by atoms with E-state index in [0.717, 1.165) is 54.0 Å². The Morgan fingerprint density at radius 2 is 2.12 bits per heavy atom. The van der Waals surface area contributed by atoms with Gasteiger partial charge in [-0.3, -0.25) is 4.79 Å². The van der Waals surface area contributed by atoms with Crippen LogP contribution in [0.25, 0.3) is 11.0 Å². The Hall–Kier alpha value is -1.46. The Balaban J connectivity index is 2.10. The second-order valence-corrected chi connectivity index (χ2v) is 7.81. The van der Waals surface area contributed by atoms with Crippen LogP contribution in [0, 0.1) is 5.92 Å². The average Bonchev–Trinajstić information content (AvgIpc) is 2.56. The first-order chi connectivity index (χ1) is 11.4. The van der Waals surface area contributed by atoms with Gasteiger partial charge in [-0.1, -0.05) is 24.9 Å². The van der Waals surface area contributed by atoms with Crippen LogP contribution in [0.5, 0.6) is 0 Å². The van der Waals surface area contributed by atoms with Crippen LogP contribution >= 0.6 is 23.4 Å². The number of rotatable bonds is 2. The number of nitrogens with zero attached hydrogens (tertiary/aromatic N) is 1. The van der Waals surface area contributed by atoms with Crippen LogP contribution in [0.2, 0.25) is 5.02 Å². The zero-order chi connectivity index (χ0) is 17.4. The van der Waals surface area contributed by atoms with Gasteiger partial charge in [-0.15, -0.1) is 0 Å². The van der Waals surface area contributed by atoms with E-state index in [4.69, 9.17) is 16.0 Å². The predicted octanol–water partition coefficient (Wildman–Crippen LogP) is 4.74. The average molecular weight is 366 g/mol. The smallest absolute Gasteiger partial charge is 0.339 e. The molecule has 1 amide bonds. The van der Waals surface area contributed by atoms with E-state index in [1.165, 1.54) is 4.90 Å². The summed E-state index contributed by atoms with van der Waals surface area (Å²) in [7, 11) is 3.37. The SMILES string of the molecule is CCC1CCc2c(c(=O)oc3cc(SC(=O)N(C)C)c(Cl)cc23)C1. The lowest BCUT2D eigenvalue weighted by atomic mass is 9.82. The van der Waals surface area contributed by atoms with Gasteiger partial charge >= 0.3 is 5.63 Å². The molecule has 2 aromatic rings. The Labute approximate surface area is 150 Å². The van der Waals surface area contributed by atoms with Crippen molar-refractivity contribution in [1.29, 1.82) is 0 Å². The summed E-state index contributed by atoms with van der Waals surface area (Å²) in [5.41, 5.74) is 2.10. The fourth-order valence-corrected chi connectivity index (χ4v) is 4.12. The lowest BCUT2D eigenvalue weighted by Gasteiger charge is -2.23. The van der Waals surface area contributed by atoms with E-state index in [1.807, 2.05) is 6.07 Å². The summed E-state index contributed by atoms with van der Waals surface area (Å²) < 4.78 is 5.54. The Kier molecular flexibility index (Phi) is 4.92. The van der Waals surface area contributed by atoms with Gasteiger partial charge in [-0.2, -0.15) is 0 Å². The van der Waals surface area contributed by atoms with Crippen LogP contribution in [0.15, 0.2) is 26.2 Å². The van der Waals surface area contributed by atoms with Crippen LogP contribution in [0.4, 0.5) is 4.79 Å². The summed E-state index contributed by atoms with van der Waals surface area (Å²) in [5, 5.41) is 1.28. The molecule has 0 spiro atoms. The van der Waals surface area contributed by atoms with Gasteiger partial charge in [0.2, 0.25) is 0 Å². The molecule has 1 aliphatic rings. The Bertz CT molecular complexity index is 859. The molecular weight excluding hydrogens is 346 g/mol. The van der Waals surface area contributed by atoms with Crippen molar-refractivity contribution in [2.75, 3.05) is 14.1 Å². The molecule has 1 heterocycles. The fourth-order valence-electron chi connectivity index (χ4n) is 3.15. The molecule has 0 aliphatic heterocycles. The molecule has 0 fully saturated rings. The van der Waals surface area contributed by atoms with E-state index in [0.29, 0.717) is 21.4 Å².